The SMILES string of the molecule is CCCc1c(O)nc(C2CC3CCC2C3)[nH]c1=O. The van der Waals surface area contributed by atoms with Crippen molar-refractivity contribution in [1.29, 1.82) is 0 Å². The van der Waals surface area contributed by atoms with Crippen molar-refractivity contribution in [2.45, 2.75) is 51.4 Å². The monoisotopic (exact) mass is 248 g/mol. The number of aromatic hydroxyl groups is 1. The minimum atomic E-state index is -0.151. The lowest BCUT2D eigenvalue weighted by atomic mass is 9.88. The van der Waals surface area contributed by atoms with Gasteiger partial charge in [-0.25, -0.2) is 0 Å². The Morgan fingerprint density at radius 3 is 2.78 bits per heavy atom. The third-order valence-electron chi connectivity index (χ3n) is 4.60. The van der Waals surface area contributed by atoms with Crippen molar-refractivity contribution in [3.8, 4) is 5.88 Å². The summed E-state index contributed by atoms with van der Waals surface area (Å²) in [7, 11) is 0. The van der Waals surface area contributed by atoms with E-state index in [0.29, 0.717) is 29.6 Å². The zero-order chi connectivity index (χ0) is 12.7. The van der Waals surface area contributed by atoms with Crippen molar-refractivity contribution < 1.29 is 5.11 Å². The summed E-state index contributed by atoms with van der Waals surface area (Å²) in [6, 6.07) is 0. The van der Waals surface area contributed by atoms with Gasteiger partial charge in [0.25, 0.3) is 5.56 Å². The first-order chi connectivity index (χ1) is 8.69. The van der Waals surface area contributed by atoms with Gasteiger partial charge in [-0.1, -0.05) is 19.8 Å². The predicted molar refractivity (Wildman–Crippen MR) is 68.7 cm³/mol. The molecule has 0 spiro atoms. The number of hydrogen-bond acceptors (Lipinski definition) is 3. The van der Waals surface area contributed by atoms with Crippen molar-refractivity contribution in [2.75, 3.05) is 0 Å². The lowest BCUT2D eigenvalue weighted by Gasteiger charge is -2.20. The zero-order valence-electron chi connectivity index (χ0n) is 10.8. The molecule has 0 aromatic carbocycles. The lowest BCUT2D eigenvalue weighted by Crippen LogP contribution is -2.21. The molecule has 2 N–H and O–H groups in total. The molecule has 0 aliphatic heterocycles. The first-order valence-electron chi connectivity index (χ1n) is 7.01. The Morgan fingerprint density at radius 2 is 2.22 bits per heavy atom. The standard InChI is InChI=1S/C14H20N2O2/c1-2-3-10-13(17)15-12(16-14(10)18)11-7-8-4-5-9(11)6-8/h8-9,11H,2-7H2,1H3,(H2,15,16,17,18). The fourth-order valence-corrected chi connectivity index (χ4v) is 3.73. The fraction of sp³-hybridized carbons (Fsp3) is 0.714. The van der Waals surface area contributed by atoms with Crippen LogP contribution in [0.25, 0.3) is 0 Å². The molecule has 3 atom stereocenters. The van der Waals surface area contributed by atoms with E-state index in [1.54, 1.807) is 0 Å². The number of hydrogen-bond donors (Lipinski definition) is 2. The minimum absolute atomic E-state index is 0.0571. The molecule has 0 radical (unpaired) electrons. The van der Waals surface area contributed by atoms with Gasteiger partial charge in [0, 0.05) is 5.92 Å². The van der Waals surface area contributed by atoms with Crippen LogP contribution in [0.1, 0.15) is 56.3 Å². The summed E-state index contributed by atoms with van der Waals surface area (Å²) >= 11 is 0. The maximum atomic E-state index is 12.0. The van der Waals surface area contributed by atoms with Gasteiger partial charge in [-0.3, -0.25) is 4.79 Å². The van der Waals surface area contributed by atoms with E-state index in [2.05, 4.69) is 9.97 Å². The van der Waals surface area contributed by atoms with Gasteiger partial charge in [0.15, 0.2) is 0 Å². The second kappa shape index (κ2) is 4.41. The molecule has 2 saturated carbocycles. The number of fused-ring (bicyclic) bond motifs is 2. The quantitative estimate of drug-likeness (QED) is 0.862. The second-order valence-electron chi connectivity index (χ2n) is 5.78. The molecule has 18 heavy (non-hydrogen) atoms. The Labute approximate surface area is 106 Å². The second-order valence-corrected chi connectivity index (χ2v) is 5.78. The van der Waals surface area contributed by atoms with Crippen molar-refractivity contribution in [3.63, 3.8) is 0 Å². The summed E-state index contributed by atoms with van der Waals surface area (Å²) < 4.78 is 0. The summed E-state index contributed by atoms with van der Waals surface area (Å²) in [4.78, 5) is 19.1. The van der Waals surface area contributed by atoms with E-state index in [1.165, 1.54) is 19.3 Å². The largest absolute Gasteiger partial charge is 0.493 e. The molecule has 4 heteroatoms. The molecular weight excluding hydrogens is 228 g/mol. The van der Waals surface area contributed by atoms with E-state index in [-0.39, 0.29) is 11.4 Å². The van der Waals surface area contributed by atoms with Gasteiger partial charge in [-0.15, -0.1) is 0 Å². The van der Waals surface area contributed by atoms with Crippen molar-refractivity contribution in [2.24, 2.45) is 11.8 Å². The molecule has 1 heterocycles. The highest BCUT2D eigenvalue weighted by atomic mass is 16.3. The first kappa shape index (κ1) is 11.8. The van der Waals surface area contributed by atoms with Crippen LogP contribution in [-0.2, 0) is 6.42 Å². The molecule has 1 aromatic heterocycles. The molecule has 2 aliphatic rings. The number of aromatic nitrogens is 2. The molecule has 98 valence electrons. The van der Waals surface area contributed by atoms with Crippen LogP contribution in [0.5, 0.6) is 5.88 Å². The van der Waals surface area contributed by atoms with Gasteiger partial charge >= 0.3 is 0 Å². The number of rotatable bonds is 3. The van der Waals surface area contributed by atoms with E-state index >= 15 is 0 Å². The predicted octanol–water partition coefficient (Wildman–Crippen LogP) is 2.33. The average Bonchev–Trinajstić information content (AvgIpc) is 2.95. The summed E-state index contributed by atoms with van der Waals surface area (Å²) in [5, 5.41) is 9.90. The maximum Gasteiger partial charge on any atom is 0.257 e. The van der Waals surface area contributed by atoms with Crippen molar-refractivity contribution in [3.05, 3.63) is 21.7 Å². The molecule has 2 aliphatic carbocycles. The number of H-pyrrole nitrogens is 1. The molecule has 3 unspecified atom stereocenters. The Balaban J connectivity index is 1.92. The van der Waals surface area contributed by atoms with Crippen LogP contribution in [-0.4, -0.2) is 15.1 Å². The van der Waals surface area contributed by atoms with Crippen molar-refractivity contribution >= 4 is 0 Å². The minimum Gasteiger partial charge on any atom is -0.493 e. The van der Waals surface area contributed by atoms with Crippen LogP contribution in [0.4, 0.5) is 0 Å². The Bertz CT molecular complexity index is 509. The topological polar surface area (TPSA) is 66.0 Å². The summed E-state index contributed by atoms with van der Waals surface area (Å²) in [6.45, 7) is 1.99. The van der Waals surface area contributed by atoms with Gasteiger partial charge in [-0.05, 0) is 37.5 Å². The number of nitrogens with zero attached hydrogens (tertiary/aromatic N) is 1. The highest BCUT2D eigenvalue weighted by Crippen LogP contribution is 2.52. The molecular formula is C14H20N2O2. The molecule has 0 amide bonds. The summed E-state index contributed by atoms with van der Waals surface area (Å²) in [5.41, 5.74) is 0.284. The maximum absolute atomic E-state index is 12.0. The van der Waals surface area contributed by atoms with Gasteiger partial charge in [0.05, 0.1) is 5.56 Å². The highest BCUT2D eigenvalue weighted by Gasteiger charge is 2.41. The lowest BCUT2D eigenvalue weighted by molar-refractivity contribution is 0.389. The van der Waals surface area contributed by atoms with Crippen LogP contribution in [0.3, 0.4) is 0 Å². The van der Waals surface area contributed by atoms with Crippen LogP contribution in [0.2, 0.25) is 0 Å². The molecule has 1 aromatic rings. The van der Waals surface area contributed by atoms with Crippen LogP contribution < -0.4 is 5.56 Å². The third kappa shape index (κ3) is 1.84. The zero-order valence-corrected chi connectivity index (χ0v) is 10.8. The average molecular weight is 248 g/mol. The normalized spacial score (nSPS) is 29.9. The summed E-state index contributed by atoms with van der Waals surface area (Å²) in [6.07, 6.45) is 6.39. The fourth-order valence-electron chi connectivity index (χ4n) is 3.73. The number of aromatic amines is 1. The number of nitrogens with one attached hydrogen (secondary N) is 1. The van der Waals surface area contributed by atoms with Gasteiger partial charge < -0.3 is 10.1 Å². The van der Waals surface area contributed by atoms with Crippen LogP contribution in [0.15, 0.2) is 4.79 Å². The molecule has 2 fully saturated rings. The van der Waals surface area contributed by atoms with Gasteiger partial charge in [-0.2, -0.15) is 4.98 Å². The van der Waals surface area contributed by atoms with E-state index in [0.717, 1.165) is 18.8 Å². The Kier molecular flexibility index (Phi) is 2.88. The third-order valence-corrected chi connectivity index (χ3v) is 4.60. The van der Waals surface area contributed by atoms with Gasteiger partial charge in [0.2, 0.25) is 5.88 Å². The van der Waals surface area contributed by atoms with Crippen molar-refractivity contribution in [1.82, 2.24) is 9.97 Å². The molecule has 3 rings (SSSR count). The molecule has 4 nitrogen and oxygen atoms in total. The van der Waals surface area contributed by atoms with Gasteiger partial charge in [0.1, 0.15) is 5.82 Å². The molecule has 0 saturated heterocycles. The first-order valence-corrected chi connectivity index (χ1v) is 7.01. The van der Waals surface area contributed by atoms with E-state index in [4.69, 9.17) is 0 Å². The van der Waals surface area contributed by atoms with E-state index in [9.17, 15) is 9.90 Å². The Hall–Kier alpha value is -1.32. The smallest absolute Gasteiger partial charge is 0.257 e. The van der Waals surface area contributed by atoms with E-state index < -0.39 is 0 Å². The van der Waals surface area contributed by atoms with Crippen LogP contribution in [0, 0.1) is 11.8 Å². The summed E-state index contributed by atoms with van der Waals surface area (Å²) in [5.74, 6) is 2.48. The Morgan fingerprint density at radius 1 is 1.39 bits per heavy atom. The van der Waals surface area contributed by atoms with E-state index in [1.807, 2.05) is 6.92 Å². The highest BCUT2D eigenvalue weighted by molar-refractivity contribution is 5.24. The van der Waals surface area contributed by atoms with Crippen LogP contribution >= 0.6 is 0 Å². The molecule has 2 bridgehead atoms.